The lowest BCUT2D eigenvalue weighted by atomic mass is 10.2. The summed E-state index contributed by atoms with van der Waals surface area (Å²) in [7, 11) is 3.07. The summed E-state index contributed by atoms with van der Waals surface area (Å²) in [5, 5.41) is 2.75. The summed E-state index contributed by atoms with van der Waals surface area (Å²) in [6.45, 7) is -0.109. The van der Waals surface area contributed by atoms with Crippen molar-refractivity contribution in [1.82, 2.24) is 9.13 Å². The van der Waals surface area contributed by atoms with Crippen molar-refractivity contribution in [3.8, 4) is 17.2 Å². The van der Waals surface area contributed by atoms with Crippen molar-refractivity contribution >= 4 is 27.5 Å². The van der Waals surface area contributed by atoms with E-state index in [4.69, 9.17) is 9.47 Å². The van der Waals surface area contributed by atoms with Crippen LogP contribution >= 0.6 is 15.9 Å². The van der Waals surface area contributed by atoms with Gasteiger partial charge in [-0.15, -0.1) is 0 Å². The number of hydrogen-bond acceptors (Lipinski definition) is 4. The van der Waals surface area contributed by atoms with E-state index in [1.807, 2.05) is 24.3 Å². The molecule has 0 atom stereocenters. The molecule has 1 aromatic heterocycles. The van der Waals surface area contributed by atoms with E-state index in [1.54, 1.807) is 30.6 Å². The molecule has 0 aliphatic rings. The first-order chi connectivity index (χ1) is 13.0. The van der Waals surface area contributed by atoms with Crippen LogP contribution in [0.5, 0.6) is 11.5 Å². The number of halogens is 1. The summed E-state index contributed by atoms with van der Waals surface area (Å²) in [5.74, 6) is 0.785. The van der Waals surface area contributed by atoms with Crippen LogP contribution in [0.2, 0.25) is 0 Å². The highest BCUT2D eigenvalue weighted by Crippen LogP contribution is 2.25. The molecule has 140 valence electrons. The van der Waals surface area contributed by atoms with E-state index in [0.29, 0.717) is 17.2 Å². The zero-order valence-electron chi connectivity index (χ0n) is 14.8. The van der Waals surface area contributed by atoms with Gasteiger partial charge in [0.25, 0.3) is 0 Å². The molecule has 27 heavy (non-hydrogen) atoms. The van der Waals surface area contributed by atoms with Crippen molar-refractivity contribution in [2.45, 2.75) is 6.54 Å². The maximum atomic E-state index is 12.5. The van der Waals surface area contributed by atoms with Gasteiger partial charge in [-0.1, -0.05) is 15.9 Å². The third-order valence-corrected chi connectivity index (χ3v) is 4.43. The number of carbonyl (C=O) groups is 1. The summed E-state index contributed by atoms with van der Waals surface area (Å²) in [4.78, 5) is 24.9. The standard InChI is InChI=1S/C19H18BrN3O4/c1-26-16-9-14(10-17(11-16)27-2)21-18(24)12-22-7-8-23(19(22)25)15-5-3-13(20)4-6-15/h3-11H,12H2,1-2H3,(H,21,24). The number of carbonyl (C=O) groups excluding carboxylic acids is 1. The summed E-state index contributed by atoms with van der Waals surface area (Å²) in [5.41, 5.74) is 0.951. The molecule has 0 bridgehead atoms. The molecule has 7 nitrogen and oxygen atoms in total. The number of ether oxygens (including phenoxy) is 2. The summed E-state index contributed by atoms with van der Waals surface area (Å²) in [6.07, 6.45) is 3.21. The molecule has 0 saturated heterocycles. The molecule has 1 N–H and O–H groups in total. The molecular formula is C19H18BrN3O4. The molecule has 0 aliphatic carbocycles. The summed E-state index contributed by atoms with van der Waals surface area (Å²) >= 11 is 3.36. The lowest BCUT2D eigenvalue weighted by Gasteiger charge is -2.10. The molecular weight excluding hydrogens is 414 g/mol. The zero-order valence-corrected chi connectivity index (χ0v) is 16.4. The minimum absolute atomic E-state index is 0.109. The molecule has 0 unspecified atom stereocenters. The van der Waals surface area contributed by atoms with Gasteiger partial charge in [0.05, 0.1) is 19.9 Å². The van der Waals surface area contributed by atoms with Crippen LogP contribution in [0.3, 0.4) is 0 Å². The van der Waals surface area contributed by atoms with Gasteiger partial charge in [0.1, 0.15) is 18.0 Å². The van der Waals surface area contributed by atoms with Gasteiger partial charge in [0.15, 0.2) is 0 Å². The normalized spacial score (nSPS) is 10.5. The molecule has 0 aliphatic heterocycles. The molecule has 0 saturated carbocycles. The highest BCUT2D eigenvalue weighted by atomic mass is 79.9. The fourth-order valence-electron chi connectivity index (χ4n) is 2.57. The molecule has 1 heterocycles. The average molecular weight is 432 g/mol. The molecule has 3 rings (SSSR count). The van der Waals surface area contributed by atoms with Crippen LogP contribution in [-0.4, -0.2) is 29.3 Å². The molecule has 8 heteroatoms. The van der Waals surface area contributed by atoms with Gasteiger partial charge in [-0.25, -0.2) is 4.79 Å². The predicted octanol–water partition coefficient (Wildman–Crippen LogP) is 3.06. The van der Waals surface area contributed by atoms with E-state index in [9.17, 15) is 9.59 Å². The first-order valence-electron chi connectivity index (χ1n) is 8.07. The fraction of sp³-hybridized carbons (Fsp3) is 0.158. The van der Waals surface area contributed by atoms with Gasteiger partial charge in [0, 0.05) is 40.8 Å². The SMILES string of the molecule is COc1cc(NC(=O)Cn2ccn(-c3ccc(Br)cc3)c2=O)cc(OC)c1. The molecule has 3 aromatic rings. The van der Waals surface area contributed by atoms with Crippen LogP contribution in [0.1, 0.15) is 0 Å². The van der Waals surface area contributed by atoms with Crippen molar-refractivity contribution in [2.75, 3.05) is 19.5 Å². The minimum atomic E-state index is -0.332. The number of aromatic nitrogens is 2. The number of anilines is 1. The highest BCUT2D eigenvalue weighted by molar-refractivity contribution is 9.10. The van der Waals surface area contributed by atoms with Crippen molar-refractivity contribution in [1.29, 1.82) is 0 Å². The summed E-state index contributed by atoms with van der Waals surface area (Å²) in [6, 6.07) is 12.4. The van der Waals surface area contributed by atoms with E-state index in [0.717, 1.165) is 10.2 Å². The van der Waals surface area contributed by atoms with Gasteiger partial charge in [-0.3, -0.25) is 13.9 Å². The molecule has 1 amide bonds. The van der Waals surface area contributed by atoms with E-state index < -0.39 is 0 Å². The Kier molecular flexibility index (Phi) is 5.66. The molecule has 0 radical (unpaired) electrons. The number of hydrogen-bond donors (Lipinski definition) is 1. The Morgan fingerprint density at radius 2 is 1.67 bits per heavy atom. The highest BCUT2D eigenvalue weighted by Gasteiger charge is 2.11. The van der Waals surface area contributed by atoms with Gasteiger partial charge < -0.3 is 14.8 Å². The predicted molar refractivity (Wildman–Crippen MR) is 106 cm³/mol. The quantitative estimate of drug-likeness (QED) is 0.650. The molecule has 0 spiro atoms. The van der Waals surface area contributed by atoms with Gasteiger partial charge in [0.2, 0.25) is 5.91 Å². The maximum Gasteiger partial charge on any atom is 0.333 e. The number of methoxy groups -OCH3 is 2. The Morgan fingerprint density at radius 3 is 2.26 bits per heavy atom. The Morgan fingerprint density at radius 1 is 1.04 bits per heavy atom. The minimum Gasteiger partial charge on any atom is -0.497 e. The topological polar surface area (TPSA) is 74.5 Å². The molecule has 2 aromatic carbocycles. The lowest BCUT2D eigenvalue weighted by molar-refractivity contribution is -0.116. The van der Waals surface area contributed by atoms with Gasteiger partial charge >= 0.3 is 5.69 Å². The van der Waals surface area contributed by atoms with Crippen molar-refractivity contribution in [2.24, 2.45) is 0 Å². The smallest absolute Gasteiger partial charge is 0.333 e. The van der Waals surface area contributed by atoms with Crippen LogP contribution in [0, 0.1) is 0 Å². The van der Waals surface area contributed by atoms with Crippen molar-refractivity contribution in [3.63, 3.8) is 0 Å². The molecule has 0 fully saturated rings. The number of nitrogens with zero attached hydrogens (tertiary/aromatic N) is 2. The number of imidazole rings is 1. The Hall–Kier alpha value is -3.00. The number of nitrogens with one attached hydrogen (secondary N) is 1. The van der Waals surface area contributed by atoms with Gasteiger partial charge in [-0.05, 0) is 24.3 Å². The Balaban J connectivity index is 1.75. The second kappa shape index (κ2) is 8.13. The largest absolute Gasteiger partial charge is 0.497 e. The average Bonchev–Trinajstić information content (AvgIpc) is 3.02. The third-order valence-electron chi connectivity index (χ3n) is 3.90. The van der Waals surface area contributed by atoms with Crippen molar-refractivity contribution in [3.05, 3.63) is 69.8 Å². The fourth-order valence-corrected chi connectivity index (χ4v) is 2.83. The maximum absolute atomic E-state index is 12.5. The van der Waals surface area contributed by atoms with E-state index >= 15 is 0 Å². The van der Waals surface area contributed by atoms with Gasteiger partial charge in [-0.2, -0.15) is 0 Å². The van der Waals surface area contributed by atoms with Crippen LogP contribution in [0.15, 0.2) is 64.1 Å². The second-order valence-electron chi connectivity index (χ2n) is 5.70. The Labute approximate surface area is 164 Å². The number of rotatable bonds is 6. The van der Waals surface area contributed by atoms with Crippen LogP contribution in [0.25, 0.3) is 5.69 Å². The third kappa shape index (κ3) is 4.40. The van der Waals surface area contributed by atoms with E-state index in [2.05, 4.69) is 21.2 Å². The Bertz CT molecular complexity index is 986. The van der Waals surface area contributed by atoms with Crippen LogP contribution < -0.4 is 20.5 Å². The number of benzene rings is 2. The second-order valence-corrected chi connectivity index (χ2v) is 6.62. The van der Waals surface area contributed by atoms with Crippen molar-refractivity contribution < 1.29 is 14.3 Å². The summed E-state index contributed by atoms with van der Waals surface area (Å²) < 4.78 is 14.1. The van der Waals surface area contributed by atoms with Crippen LogP contribution in [0.4, 0.5) is 5.69 Å². The zero-order chi connectivity index (χ0) is 19.4. The van der Waals surface area contributed by atoms with E-state index in [1.165, 1.54) is 23.4 Å². The lowest BCUT2D eigenvalue weighted by Crippen LogP contribution is -2.28. The van der Waals surface area contributed by atoms with Crippen LogP contribution in [-0.2, 0) is 11.3 Å². The monoisotopic (exact) mass is 431 g/mol. The van der Waals surface area contributed by atoms with E-state index in [-0.39, 0.29) is 18.1 Å². The first-order valence-corrected chi connectivity index (χ1v) is 8.86. The number of amides is 1. The first kappa shape index (κ1) is 18.8.